The van der Waals surface area contributed by atoms with Crippen LogP contribution in [0.4, 0.5) is 0 Å². The van der Waals surface area contributed by atoms with E-state index >= 15 is 0 Å². The molecule has 5 nitrogen and oxygen atoms in total. The normalized spacial score (nSPS) is 11.3. The second-order valence-electron chi connectivity index (χ2n) is 6.12. The molecule has 0 heterocycles. The number of hydrogen-bond donors (Lipinski definition) is 1. The van der Waals surface area contributed by atoms with Gasteiger partial charge in [-0.3, -0.25) is 4.79 Å². The molecule has 0 bridgehead atoms. The van der Waals surface area contributed by atoms with Crippen molar-refractivity contribution < 1.29 is 13.2 Å². The zero-order chi connectivity index (χ0) is 18.8. The van der Waals surface area contributed by atoms with Crippen molar-refractivity contribution in [3.05, 3.63) is 71.8 Å². The molecule has 0 spiro atoms. The summed E-state index contributed by atoms with van der Waals surface area (Å²) in [6.07, 6.45) is 1.22. The molecule has 0 radical (unpaired) electrons. The highest BCUT2D eigenvalue weighted by molar-refractivity contribution is 7.89. The highest BCUT2D eigenvalue weighted by Crippen LogP contribution is 2.05. The number of amides is 1. The molecule has 2 rings (SSSR count). The number of likely N-dealkylation sites (N-methyl/N-ethyl adjacent to an activating group) is 1. The van der Waals surface area contributed by atoms with Gasteiger partial charge in [-0.2, -0.15) is 0 Å². The van der Waals surface area contributed by atoms with Gasteiger partial charge in [0.2, 0.25) is 15.9 Å². The third-order valence-electron chi connectivity index (χ3n) is 4.12. The van der Waals surface area contributed by atoms with Crippen molar-refractivity contribution in [2.24, 2.45) is 0 Å². The molecule has 0 unspecified atom stereocenters. The van der Waals surface area contributed by atoms with Crippen LogP contribution >= 0.6 is 0 Å². The maximum atomic E-state index is 12.3. The van der Waals surface area contributed by atoms with Crippen LogP contribution in [-0.4, -0.2) is 38.1 Å². The number of nitrogens with one attached hydrogen (secondary N) is 1. The Balaban J connectivity index is 1.78. The number of carbonyl (C=O) groups is 1. The first-order valence-electron chi connectivity index (χ1n) is 8.83. The van der Waals surface area contributed by atoms with E-state index in [-0.39, 0.29) is 18.2 Å². The first-order valence-corrected chi connectivity index (χ1v) is 10.5. The molecule has 0 atom stereocenters. The number of sulfonamides is 1. The molecule has 0 aromatic heterocycles. The average molecular weight is 375 g/mol. The summed E-state index contributed by atoms with van der Waals surface area (Å²) in [5.41, 5.74) is 2.13. The van der Waals surface area contributed by atoms with Crippen molar-refractivity contribution in [1.82, 2.24) is 9.62 Å². The van der Waals surface area contributed by atoms with E-state index in [9.17, 15) is 13.2 Å². The van der Waals surface area contributed by atoms with Crippen LogP contribution < -0.4 is 4.72 Å². The minimum Gasteiger partial charge on any atom is -0.338 e. The molecule has 0 fully saturated rings. The fourth-order valence-electron chi connectivity index (χ4n) is 2.65. The minimum atomic E-state index is -3.46. The molecule has 2 aromatic rings. The Labute approximate surface area is 156 Å². The Bertz CT molecular complexity index is 777. The van der Waals surface area contributed by atoms with Gasteiger partial charge in [0.05, 0.1) is 12.3 Å². The van der Waals surface area contributed by atoms with Crippen LogP contribution in [0.2, 0.25) is 0 Å². The summed E-state index contributed by atoms with van der Waals surface area (Å²) in [6, 6.07) is 19.4. The first-order chi connectivity index (χ1) is 12.5. The van der Waals surface area contributed by atoms with Crippen molar-refractivity contribution >= 4 is 15.9 Å². The molecule has 26 heavy (non-hydrogen) atoms. The summed E-state index contributed by atoms with van der Waals surface area (Å²) in [5.74, 6) is -0.206. The standard InChI is InChI=1S/C20H26N2O3S/c1-2-22(17-19-12-7-4-8-13-19)20(23)16-21-26(24,25)15-9-14-18-10-5-3-6-11-18/h3-8,10-13,21H,2,9,14-17H2,1H3. The fourth-order valence-corrected chi connectivity index (χ4v) is 3.66. The van der Waals surface area contributed by atoms with Crippen molar-refractivity contribution in [2.75, 3.05) is 18.8 Å². The van der Waals surface area contributed by atoms with Crippen LogP contribution in [0.25, 0.3) is 0 Å². The lowest BCUT2D eigenvalue weighted by Gasteiger charge is -2.21. The van der Waals surface area contributed by atoms with Crippen molar-refractivity contribution in [1.29, 1.82) is 0 Å². The Kier molecular flexibility index (Phi) is 7.81. The van der Waals surface area contributed by atoms with Gasteiger partial charge in [-0.05, 0) is 30.9 Å². The second kappa shape index (κ2) is 10.1. The average Bonchev–Trinajstić information content (AvgIpc) is 2.66. The molecule has 0 saturated carbocycles. The fraction of sp³-hybridized carbons (Fsp3) is 0.350. The Morgan fingerprint density at radius 3 is 2.12 bits per heavy atom. The molecule has 1 amide bonds. The molecule has 1 N–H and O–H groups in total. The topological polar surface area (TPSA) is 66.5 Å². The lowest BCUT2D eigenvalue weighted by molar-refractivity contribution is -0.130. The quantitative estimate of drug-likeness (QED) is 0.695. The molecule has 0 aliphatic heterocycles. The van der Waals surface area contributed by atoms with Gasteiger partial charge in [0.15, 0.2) is 0 Å². The maximum Gasteiger partial charge on any atom is 0.237 e. The van der Waals surface area contributed by atoms with Crippen LogP contribution in [0.15, 0.2) is 60.7 Å². The van der Waals surface area contributed by atoms with E-state index in [2.05, 4.69) is 4.72 Å². The van der Waals surface area contributed by atoms with Crippen molar-refractivity contribution in [3.8, 4) is 0 Å². The van der Waals surface area contributed by atoms with E-state index < -0.39 is 10.0 Å². The van der Waals surface area contributed by atoms with Crippen LogP contribution in [0.3, 0.4) is 0 Å². The third kappa shape index (κ3) is 6.98. The molecule has 0 aliphatic carbocycles. The predicted molar refractivity (Wildman–Crippen MR) is 104 cm³/mol. The van der Waals surface area contributed by atoms with Crippen LogP contribution in [-0.2, 0) is 27.8 Å². The summed E-state index contributed by atoms with van der Waals surface area (Å²) >= 11 is 0. The van der Waals surface area contributed by atoms with Crippen LogP contribution in [0.5, 0.6) is 0 Å². The third-order valence-corrected chi connectivity index (χ3v) is 5.53. The molecule has 6 heteroatoms. The summed E-state index contributed by atoms with van der Waals surface area (Å²) in [6.45, 7) is 2.69. The van der Waals surface area contributed by atoms with Crippen molar-refractivity contribution in [2.45, 2.75) is 26.3 Å². The van der Waals surface area contributed by atoms with E-state index in [4.69, 9.17) is 0 Å². The van der Waals surface area contributed by atoms with Gasteiger partial charge in [-0.1, -0.05) is 60.7 Å². The first kappa shape index (κ1) is 20.1. The number of carbonyl (C=O) groups excluding carboxylic acids is 1. The van der Waals surface area contributed by atoms with E-state index in [1.165, 1.54) is 0 Å². The molecule has 0 saturated heterocycles. The zero-order valence-electron chi connectivity index (χ0n) is 15.1. The molecule has 2 aromatic carbocycles. The van der Waals surface area contributed by atoms with E-state index in [0.29, 0.717) is 25.9 Å². The van der Waals surface area contributed by atoms with Crippen LogP contribution in [0, 0.1) is 0 Å². The van der Waals surface area contributed by atoms with Gasteiger partial charge in [-0.15, -0.1) is 0 Å². The van der Waals surface area contributed by atoms with Gasteiger partial charge in [0.1, 0.15) is 0 Å². The lowest BCUT2D eigenvalue weighted by Crippen LogP contribution is -2.40. The monoisotopic (exact) mass is 374 g/mol. The summed E-state index contributed by atoms with van der Waals surface area (Å²) in [5, 5.41) is 0. The molecular weight excluding hydrogens is 348 g/mol. The second-order valence-corrected chi connectivity index (χ2v) is 8.05. The number of benzene rings is 2. The minimum absolute atomic E-state index is 0.0139. The highest BCUT2D eigenvalue weighted by Gasteiger charge is 2.16. The number of rotatable bonds is 10. The largest absolute Gasteiger partial charge is 0.338 e. The lowest BCUT2D eigenvalue weighted by atomic mass is 10.1. The van der Waals surface area contributed by atoms with E-state index in [0.717, 1.165) is 11.1 Å². The summed E-state index contributed by atoms with van der Waals surface area (Å²) in [4.78, 5) is 14.0. The number of aryl methyl sites for hydroxylation is 1. The highest BCUT2D eigenvalue weighted by atomic mass is 32.2. The molecular formula is C20H26N2O3S. The van der Waals surface area contributed by atoms with Gasteiger partial charge in [0.25, 0.3) is 0 Å². The van der Waals surface area contributed by atoms with E-state index in [1.807, 2.05) is 67.6 Å². The van der Waals surface area contributed by atoms with Crippen molar-refractivity contribution in [3.63, 3.8) is 0 Å². The summed E-state index contributed by atoms with van der Waals surface area (Å²) in [7, 11) is -3.46. The summed E-state index contributed by atoms with van der Waals surface area (Å²) < 4.78 is 26.7. The number of nitrogens with zero attached hydrogens (tertiary/aromatic N) is 1. The van der Waals surface area contributed by atoms with Gasteiger partial charge >= 0.3 is 0 Å². The van der Waals surface area contributed by atoms with Gasteiger partial charge < -0.3 is 4.90 Å². The van der Waals surface area contributed by atoms with Crippen LogP contribution in [0.1, 0.15) is 24.5 Å². The molecule has 140 valence electrons. The molecule has 0 aliphatic rings. The van der Waals surface area contributed by atoms with Gasteiger partial charge in [0, 0.05) is 13.1 Å². The Hall–Kier alpha value is -2.18. The smallest absolute Gasteiger partial charge is 0.237 e. The Morgan fingerprint density at radius 2 is 1.54 bits per heavy atom. The Morgan fingerprint density at radius 1 is 0.962 bits per heavy atom. The maximum absolute atomic E-state index is 12.3. The predicted octanol–water partition coefficient (Wildman–Crippen LogP) is 2.59. The zero-order valence-corrected chi connectivity index (χ0v) is 15.9. The van der Waals surface area contributed by atoms with E-state index in [1.54, 1.807) is 4.90 Å². The van der Waals surface area contributed by atoms with Gasteiger partial charge in [-0.25, -0.2) is 13.1 Å². The SMILES string of the molecule is CCN(Cc1ccccc1)C(=O)CNS(=O)(=O)CCCc1ccccc1. The number of hydrogen-bond acceptors (Lipinski definition) is 3.